The third-order valence-electron chi connectivity index (χ3n) is 4.69. The van der Waals surface area contributed by atoms with E-state index in [2.05, 4.69) is 5.32 Å². The van der Waals surface area contributed by atoms with Crippen LogP contribution in [0, 0.1) is 0 Å². The van der Waals surface area contributed by atoms with Crippen molar-refractivity contribution >= 4 is 21.6 Å². The monoisotopic (exact) mass is 478 g/mol. The first-order valence-corrected chi connectivity index (χ1v) is 11.2. The predicted molar refractivity (Wildman–Crippen MR) is 117 cm³/mol. The normalized spacial score (nSPS) is 11.9. The molecule has 10 heteroatoms. The number of amides is 1. The molecule has 3 aromatic carbocycles. The quantitative estimate of drug-likeness (QED) is 0.516. The molecule has 0 saturated carbocycles. The summed E-state index contributed by atoms with van der Waals surface area (Å²) in [4.78, 5) is 12.6. The van der Waals surface area contributed by atoms with Gasteiger partial charge in [0.05, 0.1) is 24.1 Å². The zero-order valence-corrected chi connectivity index (χ0v) is 18.4. The van der Waals surface area contributed by atoms with E-state index in [-0.39, 0.29) is 17.1 Å². The molecule has 0 saturated heterocycles. The summed E-state index contributed by atoms with van der Waals surface area (Å²) in [7, 11) is -2.66. The lowest BCUT2D eigenvalue weighted by molar-refractivity contribution is -0.137. The summed E-state index contributed by atoms with van der Waals surface area (Å²) in [5.41, 5.74) is -0.370. The Morgan fingerprint density at radius 1 is 0.970 bits per heavy atom. The van der Waals surface area contributed by atoms with Gasteiger partial charge in [0.1, 0.15) is 5.75 Å². The van der Waals surface area contributed by atoms with Gasteiger partial charge in [0, 0.05) is 12.2 Å². The summed E-state index contributed by atoms with van der Waals surface area (Å²) in [6.07, 6.45) is -4.57. The maximum atomic E-state index is 13.3. The molecule has 3 aromatic rings. The van der Waals surface area contributed by atoms with Crippen LogP contribution in [0.3, 0.4) is 0 Å². The minimum Gasteiger partial charge on any atom is -0.497 e. The number of carbonyl (C=O) groups excluding carboxylic acids is 1. The Morgan fingerprint density at radius 3 is 2.24 bits per heavy atom. The van der Waals surface area contributed by atoms with Crippen molar-refractivity contribution in [1.82, 2.24) is 4.31 Å². The molecular formula is C23H21F3N2O4S. The number of nitrogens with one attached hydrogen (secondary N) is 1. The van der Waals surface area contributed by atoms with Crippen LogP contribution in [0.15, 0.2) is 83.8 Å². The van der Waals surface area contributed by atoms with Gasteiger partial charge in [-0.1, -0.05) is 36.4 Å². The van der Waals surface area contributed by atoms with Gasteiger partial charge in [-0.05, 0) is 48.0 Å². The Morgan fingerprint density at radius 2 is 1.64 bits per heavy atom. The number of alkyl halides is 3. The van der Waals surface area contributed by atoms with Gasteiger partial charge in [-0.25, -0.2) is 8.42 Å². The molecule has 0 aliphatic heterocycles. The van der Waals surface area contributed by atoms with Crippen molar-refractivity contribution in [3.63, 3.8) is 0 Å². The summed E-state index contributed by atoms with van der Waals surface area (Å²) in [6, 6.07) is 18.5. The van der Waals surface area contributed by atoms with Crippen LogP contribution in [0.25, 0.3) is 0 Å². The first kappa shape index (κ1) is 24.3. The second-order valence-electron chi connectivity index (χ2n) is 7.06. The van der Waals surface area contributed by atoms with E-state index in [9.17, 15) is 26.4 Å². The van der Waals surface area contributed by atoms with Crippen LogP contribution in [-0.4, -0.2) is 32.3 Å². The van der Waals surface area contributed by atoms with Gasteiger partial charge in [-0.3, -0.25) is 4.79 Å². The zero-order valence-electron chi connectivity index (χ0n) is 17.5. The highest BCUT2D eigenvalue weighted by Gasteiger charge is 2.31. The molecule has 0 unspecified atom stereocenters. The minimum absolute atomic E-state index is 0.0499. The van der Waals surface area contributed by atoms with E-state index in [1.807, 2.05) is 0 Å². The number of halogens is 3. The van der Waals surface area contributed by atoms with Gasteiger partial charge in [0.2, 0.25) is 15.9 Å². The predicted octanol–water partition coefficient (Wildman–Crippen LogP) is 4.54. The highest BCUT2D eigenvalue weighted by molar-refractivity contribution is 7.89. The standard InChI is InChI=1S/C23H21F3N2O4S/c1-32-20-10-12-21(13-11-20)33(30,31)28(15-17-6-3-2-4-7-17)16-22(29)27-19-9-5-8-18(14-19)23(24,25)26/h2-14H,15-16H2,1H3,(H,27,29). The van der Waals surface area contributed by atoms with Crippen molar-refractivity contribution in [3.05, 3.63) is 90.0 Å². The van der Waals surface area contributed by atoms with Gasteiger partial charge in [-0.15, -0.1) is 0 Å². The topological polar surface area (TPSA) is 75.7 Å². The van der Waals surface area contributed by atoms with Gasteiger partial charge in [0.15, 0.2) is 0 Å². The lowest BCUT2D eigenvalue weighted by atomic mass is 10.2. The second kappa shape index (κ2) is 10.1. The van der Waals surface area contributed by atoms with E-state index in [1.54, 1.807) is 30.3 Å². The lowest BCUT2D eigenvalue weighted by Crippen LogP contribution is -2.37. The van der Waals surface area contributed by atoms with Crippen LogP contribution in [0.4, 0.5) is 18.9 Å². The van der Waals surface area contributed by atoms with Crippen molar-refractivity contribution in [2.24, 2.45) is 0 Å². The number of hydrogen-bond donors (Lipinski definition) is 1. The van der Waals surface area contributed by atoms with E-state index in [0.717, 1.165) is 22.5 Å². The van der Waals surface area contributed by atoms with Crippen molar-refractivity contribution in [1.29, 1.82) is 0 Å². The van der Waals surface area contributed by atoms with Gasteiger partial charge in [0.25, 0.3) is 0 Å². The number of carbonyl (C=O) groups is 1. The van der Waals surface area contributed by atoms with Crippen LogP contribution >= 0.6 is 0 Å². The highest BCUT2D eigenvalue weighted by atomic mass is 32.2. The summed E-state index contributed by atoms with van der Waals surface area (Å²) in [6.45, 7) is -0.704. The Bertz CT molecular complexity index is 1200. The van der Waals surface area contributed by atoms with Gasteiger partial charge in [-0.2, -0.15) is 17.5 Å². The van der Waals surface area contributed by atoms with Crippen molar-refractivity contribution in [2.75, 3.05) is 19.0 Å². The molecule has 6 nitrogen and oxygen atoms in total. The number of ether oxygens (including phenoxy) is 1. The number of anilines is 1. The average Bonchev–Trinajstić information content (AvgIpc) is 2.79. The van der Waals surface area contributed by atoms with Crippen LogP contribution in [0.1, 0.15) is 11.1 Å². The van der Waals surface area contributed by atoms with E-state index >= 15 is 0 Å². The Balaban J connectivity index is 1.85. The molecule has 0 spiro atoms. The van der Waals surface area contributed by atoms with Gasteiger partial charge < -0.3 is 10.1 Å². The number of rotatable bonds is 8. The lowest BCUT2D eigenvalue weighted by Gasteiger charge is -2.22. The Labute approximate surface area is 189 Å². The minimum atomic E-state index is -4.57. The van der Waals surface area contributed by atoms with Crippen LogP contribution in [0.2, 0.25) is 0 Å². The number of nitrogens with zero attached hydrogens (tertiary/aromatic N) is 1. The molecular weight excluding hydrogens is 457 g/mol. The summed E-state index contributed by atoms with van der Waals surface area (Å²) < 4.78 is 71.4. The average molecular weight is 478 g/mol. The zero-order chi connectivity index (χ0) is 24.1. The molecule has 0 radical (unpaired) electrons. The molecule has 33 heavy (non-hydrogen) atoms. The molecule has 0 aromatic heterocycles. The molecule has 0 aliphatic carbocycles. The van der Waals surface area contributed by atoms with Gasteiger partial charge >= 0.3 is 6.18 Å². The molecule has 1 N–H and O–H groups in total. The number of benzene rings is 3. The number of sulfonamides is 1. The molecule has 0 bridgehead atoms. The third kappa shape index (κ3) is 6.33. The SMILES string of the molecule is COc1ccc(S(=O)(=O)N(CC(=O)Nc2cccc(C(F)(F)F)c2)Cc2ccccc2)cc1. The van der Waals surface area contributed by atoms with Crippen molar-refractivity contribution < 1.29 is 31.1 Å². The molecule has 3 rings (SSSR count). The fourth-order valence-corrected chi connectivity index (χ4v) is 4.43. The first-order valence-electron chi connectivity index (χ1n) is 9.75. The van der Waals surface area contributed by atoms with E-state index in [1.165, 1.54) is 37.4 Å². The van der Waals surface area contributed by atoms with Crippen molar-refractivity contribution in [3.8, 4) is 5.75 Å². The number of hydrogen-bond acceptors (Lipinski definition) is 4. The molecule has 0 heterocycles. The maximum Gasteiger partial charge on any atom is 0.416 e. The van der Waals surface area contributed by atoms with E-state index < -0.39 is 34.2 Å². The summed E-state index contributed by atoms with van der Waals surface area (Å²) in [5.74, 6) is -0.312. The van der Waals surface area contributed by atoms with E-state index in [0.29, 0.717) is 11.3 Å². The largest absolute Gasteiger partial charge is 0.497 e. The Kier molecular flexibility index (Phi) is 7.39. The van der Waals surface area contributed by atoms with Crippen LogP contribution in [-0.2, 0) is 27.5 Å². The second-order valence-corrected chi connectivity index (χ2v) is 9.00. The Hall–Kier alpha value is -3.37. The van der Waals surface area contributed by atoms with Crippen LogP contribution < -0.4 is 10.1 Å². The fraction of sp³-hybridized carbons (Fsp3) is 0.174. The van der Waals surface area contributed by atoms with E-state index in [4.69, 9.17) is 4.74 Å². The smallest absolute Gasteiger partial charge is 0.416 e. The fourth-order valence-electron chi connectivity index (χ4n) is 3.04. The highest BCUT2D eigenvalue weighted by Crippen LogP contribution is 2.30. The maximum absolute atomic E-state index is 13.3. The van der Waals surface area contributed by atoms with Crippen LogP contribution in [0.5, 0.6) is 5.75 Å². The molecule has 1 amide bonds. The first-order chi connectivity index (χ1) is 15.6. The summed E-state index contributed by atoms with van der Waals surface area (Å²) in [5, 5.41) is 2.35. The molecule has 0 aliphatic rings. The third-order valence-corrected chi connectivity index (χ3v) is 6.50. The molecule has 0 fully saturated rings. The number of methoxy groups -OCH3 is 1. The molecule has 0 atom stereocenters. The molecule has 174 valence electrons. The van der Waals surface area contributed by atoms with Crippen molar-refractivity contribution in [2.45, 2.75) is 17.6 Å². The summed E-state index contributed by atoms with van der Waals surface area (Å²) >= 11 is 0.